The van der Waals surface area contributed by atoms with E-state index in [1.165, 1.54) is 5.56 Å². The van der Waals surface area contributed by atoms with Crippen molar-refractivity contribution in [1.29, 1.82) is 0 Å². The van der Waals surface area contributed by atoms with E-state index in [9.17, 15) is 0 Å². The molecule has 0 aromatic heterocycles. The minimum Gasteiger partial charge on any atom is -0.463 e. The maximum absolute atomic E-state index is 6.55. The van der Waals surface area contributed by atoms with Crippen LogP contribution in [0, 0.1) is 0 Å². The lowest BCUT2D eigenvalue weighted by molar-refractivity contribution is -0.0189. The molecular weight excluding hydrogens is 415 g/mol. The highest BCUT2D eigenvalue weighted by Gasteiger charge is 2.42. The van der Waals surface area contributed by atoms with Gasteiger partial charge in [-0.2, -0.15) is 5.10 Å². The smallest absolute Gasteiger partial charge is 0.213 e. The predicted molar refractivity (Wildman–Crippen MR) is 123 cm³/mol. The first-order chi connectivity index (χ1) is 14.5. The molecule has 0 unspecified atom stereocenters. The Morgan fingerprint density at radius 3 is 2.43 bits per heavy atom. The molecule has 3 nitrogen and oxygen atoms in total. The molecule has 0 fully saturated rings. The summed E-state index contributed by atoms with van der Waals surface area (Å²) >= 11 is 12.9. The molecule has 0 aliphatic carbocycles. The molecule has 0 saturated carbocycles. The summed E-state index contributed by atoms with van der Waals surface area (Å²) in [7, 11) is 0. The van der Waals surface area contributed by atoms with Gasteiger partial charge in [-0.15, -0.1) is 0 Å². The van der Waals surface area contributed by atoms with Crippen LogP contribution < -0.4 is 4.74 Å². The zero-order valence-corrected chi connectivity index (χ0v) is 18.4. The second-order valence-corrected chi connectivity index (χ2v) is 8.95. The van der Waals surface area contributed by atoms with Gasteiger partial charge in [0.15, 0.2) is 0 Å². The Morgan fingerprint density at radius 2 is 1.73 bits per heavy atom. The Balaban J connectivity index is 1.60. The number of fused-ring (bicyclic) bond motifs is 3. The molecular formula is C25H22Cl2N2O. The van der Waals surface area contributed by atoms with Crippen molar-refractivity contribution in [3.63, 3.8) is 0 Å². The lowest BCUT2D eigenvalue weighted by Crippen LogP contribution is -2.33. The largest absolute Gasteiger partial charge is 0.463 e. The SMILES string of the molecule is CC(C)c1ccc([C@@H]2Oc3c(Cl)cc(Cl)cc3[C@H]3CC(c4ccccc4)=NN32)cc1. The third-order valence-electron chi connectivity index (χ3n) is 5.80. The molecule has 0 spiro atoms. The average Bonchev–Trinajstić information content (AvgIpc) is 3.20. The number of rotatable bonds is 3. The number of hydrazone groups is 1. The highest BCUT2D eigenvalue weighted by molar-refractivity contribution is 6.35. The summed E-state index contributed by atoms with van der Waals surface area (Å²) in [5, 5.41) is 8.19. The minimum atomic E-state index is -0.344. The Hall–Kier alpha value is -2.49. The van der Waals surface area contributed by atoms with Gasteiger partial charge in [0.2, 0.25) is 6.23 Å². The molecule has 5 rings (SSSR count). The Bertz CT molecular complexity index is 1110. The number of nitrogens with zero attached hydrogens (tertiary/aromatic N) is 2. The van der Waals surface area contributed by atoms with Crippen LogP contribution in [0.3, 0.4) is 0 Å². The van der Waals surface area contributed by atoms with E-state index in [0.717, 1.165) is 28.8 Å². The number of hydrogen-bond donors (Lipinski definition) is 0. The van der Waals surface area contributed by atoms with E-state index in [-0.39, 0.29) is 12.3 Å². The first-order valence-corrected chi connectivity index (χ1v) is 10.9. The first kappa shape index (κ1) is 19.5. The Kier molecular flexibility index (Phi) is 4.96. The maximum atomic E-state index is 6.55. The fourth-order valence-electron chi connectivity index (χ4n) is 4.19. The van der Waals surface area contributed by atoms with E-state index in [4.69, 9.17) is 33.0 Å². The van der Waals surface area contributed by atoms with E-state index in [0.29, 0.717) is 21.7 Å². The molecule has 0 bridgehead atoms. The average molecular weight is 437 g/mol. The summed E-state index contributed by atoms with van der Waals surface area (Å²) < 4.78 is 6.43. The predicted octanol–water partition coefficient (Wildman–Crippen LogP) is 7.36. The third-order valence-corrected chi connectivity index (χ3v) is 6.30. The van der Waals surface area contributed by atoms with Crippen LogP contribution in [0.15, 0.2) is 71.8 Å². The quantitative estimate of drug-likeness (QED) is 0.428. The summed E-state index contributed by atoms with van der Waals surface area (Å²) in [5.41, 5.74) is 5.50. The van der Waals surface area contributed by atoms with Crippen molar-refractivity contribution >= 4 is 28.9 Å². The van der Waals surface area contributed by atoms with Gasteiger partial charge in [-0.25, -0.2) is 5.01 Å². The molecule has 5 heteroatoms. The second-order valence-electron chi connectivity index (χ2n) is 8.11. The molecule has 2 atom stereocenters. The zero-order chi connectivity index (χ0) is 20.8. The maximum Gasteiger partial charge on any atom is 0.213 e. The zero-order valence-electron chi connectivity index (χ0n) is 16.8. The van der Waals surface area contributed by atoms with Crippen LogP contribution in [0.2, 0.25) is 10.0 Å². The summed E-state index contributed by atoms with van der Waals surface area (Å²) in [4.78, 5) is 0. The van der Waals surface area contributed by atoms with E-state index in [2.05, 4.69) is 55.3 Å². The molecule has 0 amide bonds. The van der Waals surface area contributed by atoms with Gasteiger partial charge in [0.05, 0.1) is 16.8 Å². The molecule has 30 heavy (non-hydrogen) atoms. The van der Waals surface area contributed by atoms with Crippen molar-refractivity contribution in [2.75, 3.05) is 0 Å². The van der Waals surface area contributed by atoms with Gasteiger partial charge in [0, 0.05) is 22.6 Å². The van der Waals surface area contributed by atoms with E-state index < -0.39 is 0 Å². The summed E-state index contributed by atoms with van der Waals surface area (Å²) in [6, 6.07) is 22.6. The van der Waals surface area contributed by atoms with Crippen LogP contribution in [-0.2, 0) is 0 Å². The van der Waals surface area contributed by atoms with Crippen molar-refractivity contribution in [1.82, 2.24) is 5.01 Å². The fraction of sp³-hybridized carbons (Fsp3) is 0.240. The highest BCUT2D eigenvalue weighted by atomic mass is 35.5. The third kappa shape index (κ3) is 3.36. The van der Waals surface area contributed by atoms with Crippen LogP contribution in [0.4, 0.5) is 0 Å². The number of halogens is 2. The molecule has 2 aliphatic heterocycles. The fourth-order valence-corrected chi connectivity index (χ4v) is 4.74. The van der Waals surface area contributed by atoms with Gasteiger partial charge in [-0.1, -0.05) is 91.6 Å². The molecule has 0 radical (unpaired) electrons. The molecule has 3 aromatic rings. The highest BCUT2D eigenvalue weighted by Crippen LogP contribution is 2.50. The molecule has 0 N–H and O–H groups in total. The molecule has 152 valence electrons. The second kappa shape index (κ2) is 7.64. The van der Waals surface area contributed by atoms with Gasteiger partial charge in [-0.05, 0) is 29.2 Å². The first-order valence-electron chi connectivity index (χ1n) is 10.2. The van der Waals surface area contributed by atoms with Crippen molar-refractivity contribution in [3.05, 3.63) is 99.0 Å². The van der Waals surface area contributed by atoms with Gasteiger partial charge >= 0.3 is 0 Å². The van der Waals surface area contributed by atoms with Crippen LogP contribution in [0.1, 0.15) is 60.7 Å². The van der Waals surface area contributed by atoms with Gasteiger partial charge in [0.1, 0.15) is 5.75 Å². The minimum absolute atomic E-state index is 0.0231. The van der Waals surface area contributed by atoms with E-state index in [1.807, 2.05) is 24.3 Å². The Labute approximate surface area is 186 Å². The van der Waals surface area contributed by atoms with Gasteiger partial charge in [0.25, 0.3) is 0 Å². The monoisotopic (exact) mass is 436 g/mol. The lowest BCUT2D eigenvalue weighted by Gasteiger charge is -2.38. The normalized spacial score (nSPS) is 19.9. The number of ether oxygens (including phenoxy) is 1. The number of hydrogen-bond acceptors (Lipinski definition) is 3. The van der Waals surface area contributed by atoms with E-state index in [1.54, 1.807) is 6.07 Å². The van der Waals surface area contributed by atoms with Gasteiger partial charge in [-0.3, -0.25) is 0 Å². The van der Waals surface area contributed by atoms with Crippen LogP contribution >= 0.6 is 23.2 Å². The van der Waals surface area contributed by atoms with Crippen molar-refractivity contribution in [3.8, 4) is 5.75 Å². The Morgan fingerprint density at radius 1 is 1.00 bits per heavy atom. The van der Waals surface area contributed by atoms with Crippen LogP contribution in [-0.4, -0.2) is 10.7 Å². The molecule has 2 heterocycles. The molecule has 0 saturated heterocycles. The van der Waals surface area contributed by atoms with Crippen molar-refractivity contribution in [2.45, 2.75) is 38.5 Å². The van der Waals surface area contributed by atoms with Crippen molar-refractivity contribution in [2.24, 2.45) is 5.10 Å². The molecule has 2 aliphatic rings. The summed E-state index contributed by atoms with van der Waals surface area (Å²) in [5.74, 6) is 1.18. The van der Waals surface area contributed by atoms with Crippen LogP contribution in [0.5, 0.6) is 5.75 Å². The standard InChI is InChI=1S/C25H22Cl2N2O/c1-15(2)16-8-10-18(11-9-16)25-29-23(14-22(28-29)17-6-4-3-5-7-17)20-12-19(26)13-21(27)24(20)30-25/h3-13,15,23,25H,14H2,1-2H3/t23-,25+/m1/s1. The topological polar surface area (TPSA) is 24.8 Å². The lowest BCUT2D eigenvalue weighted by atomic mass is 9.95. The van der Waals surface area contributed by atoms with E-state index >= 15 is 0 Å². The summed E-state index contributed by atoms with van der Waals surface area (Å²) in [6.45, 7) is 4.39. The number of benzene rings is 3. The summed E-state index contributed by atoms with van der Waals surface area (Å²) in [6.07, 6.45) is 0.432. The van der Waals surface area contributed by atoms with Crippen LogP contribution in [0.25, 0.3) is 0 Å². The van der Waals surface area contributed by atoms with Gasteiger partial charge < -0.3 is 4.74 Å². The van der Waals surface area contributed by atoms with Crippen molar-refractivity contribution < 1.29 is 4.74 Å². The molecule has 3 aromatic carbocycles.